The van der Waals surface area contributed by atoms with Gasteiger partial charge in [0.2, 0.25) is 5.82 Å². The molecule has 5 rings (SSSR count). The van der Waals surface area contributed by atoms with E-state index in [1.807, 2.05) is 30.3 Å². The molecule has 0 N–H and O–H groups in total. The minimum Gasteiger partial charge on any atom is -0.291 e. The summed E-state index contributed by atoms with van der Waals surface area (Å²) in [4.78, 5) is 4.84. The highest BCUT2D eigenvalue weighted by Gasteiger charge is 2.23. The number of para-hydroxylation sites is 1. The van der Waals surface area contributed by atoms with E-state index in [-0.39, 0.29) is 0 Å². The molecule has 3 heterocycles. The van der Waals surface area contributed by atoms with Crippen molar-refractivity contribution in [3.05, 3.63) is 59.7 Å². The monoisotopic (exact) mass is 398 g/mol. The third-order valence-corrected chi connectivity index (χ3v) is 5.65. The van der Waals surface area contributed by atoms with Crippen molar-refractivity contribution in [2.45, 2.75) is 42.3 Å². The van der Waals surface area contributed by atoms with E-state index in [1.54, 1.807) is 12.1 Å². The van der Waals surface area contributed by atoms with Crippen LogP contribution in [0, 0.1) is 0 Å². The zero-order valence-electron chi connectivity index (χ0n) is 14.8. The molecule has 1 aliphatic carbocycles. The van der Waals surface area contributed by atoms with Crippen LogP contribution >= 0.6 is 11.8 Å². The lowest BCUT2D eigenvalue weighted by Gasteiger charge is -2.15. The first-order valence-electron chi connectivity index (χ1n) is 9.05. The second-order valence-electron chi connectivity index (χ2n) is 6.57. The van der Waals surface area contributed by atoms with Gasteiger partial charge in [0.15, 0.2) is 10.8 Å². The second-order valence-corrected chi connectivity index (χ2v) is 7.56. The molecule has 0 aliphatic heterocycles. The summed E-state index contributed by atoms with van der Waals surface area (Å²) >= 11 is 1.36. The molecule has 142 valence electrons. The fourth-order valence-electron chi connectivity index (χ4n) is 3.50. The quantitative estimate of drug-likeness (QED) is 0.514. The minimum atomic E-state index is -2.73. The van der Waals surface area contributed by atoms with Crippen molar-refractivity contribution in [1.82, 2.24) is 29.4 Å². The van der Waals surface area contributed by atoms with Crippen molar-refractivity contribution in [1.29, 1.82) is 0 Å². The molecule has 6 nitrogen and oxygen atoms in total. The fraction of sp³-hybridized carbons (Fsp3) is 0.263. The van der Waals surface area contributed by atoms with E-state index in [4.69, 9.17) is 4.98 Å². The van der Waals surface area contributed by atoms with Gasteiger partial charge in [-0.15, -0.1) is 10.2 Å². The van der Waals surface area contributed by atoms with E-state index in [0.29, 0.717) is 10.7 Å². The molecule has 0 spiro atoms. The van der Waals surface area contributed by atoms with E-state index >= 15 is 0 Å². The Hall–Kier alpha value is -2.81. The van der Waals surface area contributed by atoms with E-state index in [0.717, 1.165) is 46.7 Å². The molecule has 0 saturated heterocycles. The average molecular weight is 398 g/mol. The molecule has 3 aromatic heterocycles. The van der Waals surface area contributed by atoms with Crippen molar-refractivity contribution >= 4 is 17.4 Å². The van der Waals surface area contributed by atoms with Crippen LogP contribution in [0.25, 0.3) is 11.3 Å². The van der Waals surface area contributed by atoms with Crippen molar-refractivity contribution in [2.75, 3.05) is 0 Å². The van der Waals surface area contributed by atoms with Crippen molar-refractivity contribution in [3.8, 4) is 5.69 Å². The number of aromatic nitrogens is 6. The van der Waals surface area contributed by atoms with Crippen LogP contribution in [0.3, 0.4) is 0 Å². The molecule has 0 fully saturated rings. The number of fused-ring (bicyclic) bond motifs is 2. The Bertz CT molecular complexity index is 1140. The number of hydrogen-bond donors (Lipinski definition) is 0. The lowest BCUT2D eigenvalue weighted by atomic mass is 10.0. The van der Waals surface area contributed by atoms with Crippen LogP contribution in [0.15, 0.2) is 52.6 Å². The maximum absolute atomic E-state index is 13.1. The van der Waals surface area contributed by atoms with Gasteiger partial charge in [0.1, 0.15) is 5.03 Å². The molecular formula is C19H16F2N6S. The molecular weight excluding hydrogens is 382 g/mol. The molecule has 0 unspecified atom stereocenters. The standard InChI is InChI=1S/C19H16F2N6S/c20-17(21)18-24-23-15-10-11-16(25-27(15)18)28-19-22-13-8-4-5-9-14(13)26(19)12-6-2-1-3-7-12/h1-3,6-7,10-11,17H,4-5,8-9H2. The summed E-state index contributed by atoms with van der Waals surface area (Å²) in [6.07, 6.45) is 1.46. The van der Waals surface area contributed by atoms with E-state index in [2.05, 4.69) is 19.9 Å². The van der Waals surface area contributed by atoms with Crippen molar-refractivity contribution in [2.24, 2.45) is 0 Å². The van der Waals surface area contributed by atoms with Gasteiger partial charge in [-0.1, -0.05) is 18.2 Å². The number of rotatable bonds is 4. The number of imidazole rings is 1. The molecule has 0 radical (unpaired) electrons. The zero-order valence-corrected chi connectivity index (χ0v) is 15.6. The van der Waals surface area contributed by atoms with E-state index in [9.17, 15) is 8.78 Å². The number of benzene rings is 1. The fourth-order valence-corrected chi connectivity index (χ4v) is 4.41. The summed E-state index contributed by atoms with van der Waals surface area (Å²) < 4.78 is 29.5. The summed E-state index contributed by atoms with van der Waals surface area (Å²) in [6, 6.07) is 13.5. The van der Waals surface area contributed by atoms with Gasteiger partial charge in [-0.25, -0.2) is 13.8 Å². The summed E-state index contributed by atoms with van der Waals surface area (Å²) in [6.45, 7) is 0. The first-order valence-corrected chi connectivity index (χ1v) is 9.86. The van der Waals surface area contributed by atoms with Crippen molar-refractivity contribution in [3.63, 3.8) is 0 Å². The van der Waals surface area contributed by atoms with E-state index in [1.165, 1.54) is 17.5 Å². The maximum atomic E-state index is 13.1. The minimum absolute atomic E-state index is 0.297. The maximum Gasteiger partial charge on any atom is 0.299 e. The lowest BCUT2D eigenvalue weighted by Crippen LogP contribution is -2.07. The van der Waals surface area contributed by atoms with E-state index < -0.39 is 12.2 Å². The molecule has 28 heavy (non-hydrogen) atoms. The van der Waals surface area contributed by atoms with Crippen molar-refractivity contribution < 1.29 is 8.78 Å². The van der Waals surface area contributed by atoms with Crippen LogP contribution in [0.2, 0.25) is 0 Å². The topological polar surface area (TPSA) is 60.9 Å². The zero-order chi connectivity index (χ0) is 19.1. The largest absolute Gasteiger partial charge is 0.299 e. The second kappa shape index (κ2) is 6.97. The highest BCUT2D eigenvalue weighted by Crippen LogP contribution is 2.33. The molecule has 1 aliphatic rings. The highest BCUT2D eigenvalue weighted by molar-refractivity contribution is 7.99. The predicted octanol–water partition coefficient (Wildman–Crippen LogP) is 4.28. The molecule has 0 saturated carbocycles. The van der Waals surface area contributed by atoms with Gasteiger partial charge in [-0.2, -0.15) is 9.61 Å². The molecule has 4 aromatic rings. The Kier molecular flexibility index (Phi) is 4.31. The Morgan fingerprint density at radius 1 is 0.964 bits per heavy atom. The van der Waals surface area contributed by atoms with Crippen LogP contribution in [0.1, 0.15) is 36.5 Å². The first-order chi connectivity index (χ1) is 13.7. The SMILES string of the molecule is FC(F)c1nnc2ccc(Sc3nc4c(n3-c3ccccc3)CCCC4)nn12. The number of nitrogens with zero attached hydrogens (tertiary/aromatic N) is 6. The molecule has 0 amide bonds. The van der Waals surface area contributed by atoms with Crippen LogP contribution in [-0.2, 0) is 12.8 Å². The number of halogens is 2. The Morgan fingerprint density at radius 2 is 1.79 bits per heavy atom. The highest BCUT2D eigenvalue weighted by atomic mass is 32.2. The summed E-state index contributed by atoms with van der Waals surface area (Å²) in [5.41, 5.74) is 3.67. The number of hydrogen-bond acceptors (Lipinski definition) is 5. The van der Waals surface area contributed by atoms with Gasteiger partial charge in [0.05, 0.1) is 5.69 Å². The van der Waals surface area contributed by atoms with Gasteiger partial charge in [0.25, 0.3) is 6.43 Å². The Labute approximate surface area is 163 Å². The number of aryl methyl sites for hydroxylation is 1. The molecule has 1 aromatic carbocycles. The van der Waals surface area contributed by atoms with Crippen LogP contribution < -0.4 is 0 Å². The Morgan fingerprint density at radius 3 is 2.61 bits per heavy atom. The van der Waals surface area contributed by atoms with Gasteiger partial charge < -0.3 is 0 Å². The third kappa shape index (κ3) is 2.95. The van der Waals surface area contributed by atoms with Crippen LogP contribution in [0.5, 0.6) is 0 Å². The smallest absolute Gasteiger partial charge is 0.291 e. The lowest BCUT2D eigenvalue weighted by molar-refractivity contribution is 0.137. The number of alkyl halides is 2. The Balaban J connectivity index is 1.59. The normalized spacial score (nSPS) is 14.0. The molecule has 0 atom stereocenters. The predicted molar refractivity (Wildman–Crippen MR) is 100 cm³/mol. The van der Waals surface area contributed by atoms with Gasteiger partial charge >= 0.3 is 0 Å². The summed E-state index contributed by atoms with van der Waals surface area (Å²) in [5.74, 6) is -0.455. The third-order valence-electron chi connectivity index (χ3n) is 4.77. The summed E-state index contributed by atoms with van der Waals surface area (Å²) in [7, 11) is 0. The van der Waals surface area contributed by atoms with Gasteiger partial charge in [-0.3, -0.25) is 4.57 Å². The summed E-state index contributed by atoms with van der Waals surface area (Å²) in [5, 5.41) is 12.9. The first kappa shape index (κ1) is 17.3. The van der Waals surface area contributed by atoms with Gasteiger partial charge in [0, 0.05) is 11.4 Å². The molecule has 9 heteroatoms. The average Bonchev–Trinajstić information content (AvgIpc) is 3.29. The van der Waals surface area contributed by atoms with Crippen LogP contribution in [-0.4, -0.2) is 29.4 Å². The van der Waals surface area contributed by atoms with Gasteiger partial charge in [-0.05, 0) is 61.7 Å². The van der Waals surface area contributed by atoms with Crippen LogP contribution in [0.4, 0.5) is 8.78 Å². The molecule has 0 bridgehead atoms.